The van der Waals surface area contributed by atoms with Crippen molar-refractivity contribution >= 4 is 57.2 Å². The minimum Gasteiger partial charge on any atom is -0.311 e. The fraction of sp³-hybridized carbons (Fsp3) is 0. The predicted molar refractivity (Wildman–Crippen MR) is 242 cm³/mol. The molecule has 0 amide bonds. The average molecular weight is 725 g/mol. The summed E-state index contributed by atoms with van der Waals surface area (Å²) in [6, 6.07) is 82.0. The fourth-order valence-electron chi connectivity index (χ4n) is 9.26. The Hall–Kier alpha value is -7.36. The molecule has 2 aliphatic rings. The van der Waals surface area contributed by atoms with Crippen LogP contribution in [0.3, 0.4) is 0 Å². The Morgan fingerprint density at radius 1 is 0.281 bits per heavy atom. The zero-order valence-corrected chi connectivity index (χ0v) is 31.3. The van der Waals surface area contributed by atoms with E-state index in [2.05, 4.69) is 234 Å². The van der Waals surface area contributed by atoms with Crippen LogP contribution in [0.2, 0.25) is 0 Å². The van der Waals surface area contributed by atoms with Crippen LogP contribution >= 0.6 is 0 Å². The van der Waals surface area contributed by atoms with Crippen molar-refractivity contribution in [1.29, 1.82) is 0 Å². The zero-order valence-electron chi connectivity index (χ0n) is 31.3. The van der Waals surface area contributed by atoms with Crippen molar-refractivity contribution in [1.82, 2.24) is 0 Å². The van der Waals surface area contributed by atoms with Crippen LogP contribution in [0, 0.1) is 0 Å². The molecule has 0 saturated carbocycles. The summed E-state index contributed by atoms with van der Waals surface area (Å²) in [4.78, 5) is 5.07. The van der Waals surface area contributed by atoms with Crippen LogP contribution in [-0.4, -0.2) is 6.71 Å². The van der Waals surface area contributed by atoms with Crippen LogP contribution in [0.5, 0.6) is 0 Å². The van der Waals surface area contributed by atoms with Crippen molar-refractivity contribution in [2.45, 2.75) is 0 Å². The predicted octanol–water partition coefficient (Wildman–Crippen LogP) is 12.4. The maximum atomic E-state index is 2.56. The second-order valence-electron chi connectivity index (χ2n) is 14.8. The van der Waals surface area contributed by atoms with Crippen molar-refractivity contribution in [3.8, 4) is 44.5 Å². The van der Waals surface area contributed by atoms with E-state index in [0.717, 1.165) is 11.4 Å². The summed E-state index contributed by atoms with van der Waals surface area (Å²) in [5.41, 5.74) is 20.6. The number of fused-ring (bicyclic) bond motifs is 4. The van der Waals surface area contributed by atoms with Gasteiger partial charge in [-0.05, 0) is 86.2 Å². The van der Waals surface area contributed by atoms with Crippen LogP contribution in [0.4, 0.5) is 34.1 Å². The SMILES string of the molecule is c1ccc(-c2cccc(N3c4cccc(-c5ccccc5)c4B4c5cccc(-c6ccccc6)c5N(c5ccccc5-c5ccccc5)c5cccc3c54)c2)cc1. The zero-order chi connectivity index (χ0) is 37.7. The molecule has 9 aromatic rings. The smallest absolute Gasteiger partial charge is 0.252 e. The molecule has 0 bridgehead atoms. The fourth-order valence-corrected chi connectivity index (χ4v) is 9.26. The summed E-state index contributed by atoms with van der Waals surface area (Å²) in [5.74, 6) is 0. The molecule has 0 radical (unpaired) electrons. The van der Waals surface area contributed by atoms with Crippen molar-refractivity contribution in [3.63, 3.8) is 0 Å². The van der Waals surface area contributed by atoms with E-state index in [1.165, 1.54) is 83.6 Å². The highest BCUT2D eigenvalue weighted by molar-refractivity contribution is 7.01. The molecule has 3 heteroatoms. The lowest BCUT2D eigenvalue weighted by Crippen LogP contribution is -2.62. The molecule has 0 aromatic heterocycles. The molecule has 266 valence electrons. The van der Waals surface area contributed by atoms with E-state index in [4.69, 9.17) is 0 Å². The van der Waals surface area contributed by atoms with Crippen LogP contribution in [0.25, 0.3) is 44.5 Å². The second-order valence-corrected chi connectivity index (χ2v) is 14.8. The topological polar surface area (TPSA) is 6.48 Å². The van der Waals surface area contributed by atoms with Crippen LogP contribution in [-0.2, 0) is 0 Å². The number of hydrogen-bond donors (Lipinski definition) is 0. The van der Waals surface area contributed by atoms with Gasteiger partial charge in [-0.2, -0.15) is 0 Å². The molecule has 2 nitrogen and oxygen atoms in total. The molecule has 11 rings (SSSR count). The van der Waals surface area contributed by atoms with Crippen LogP contribution in [0.15, 0.2) is 224 Å². The molecule has 0 N–H and O–H groups in total. The molecule has 9 aromatic carbocycles. The number of benzene rings is 9. The van der Waals surface area contributed by atoms with E-state index in [1.807, 2.05) is 0 Å². The maximum absolute atomic E-state index is 2.56. The molecular formula is C54H37BN2. The van der Waals surface area contributed by atoms with Crippen molar-refractivity contribution in [2.75, 3.05) is 9.80 Å². The highest BCUT2D eigenvalue weighted by atomic mass is 15.2. The quantitative estimate of drug-likeness (QED) is 0.158. The first kappa shape index (κ1) is 33.0. The second kappa shape index (κ2) is 13.7. The van der Waals surface area contributed by atoms with Gasteiger partial charge in [-0.25, -0.2) is 0 Å². The van der Waals surface area contributed by atoms with E-state index in [9.17, 15) is 0 Å². The van der Waals surface area contributed by atoms with Crippen LogP contribution in [0.1, 0.15) is 0 Å². The van der Waals surface area contributed by atoms with Crippen molar-refractivity contribution in [3.05, 3.63) is 224 Å². The average Bonchev–Trinajstić information content (AvgIpc) is 3.30. The number of nitrogens with zero attached hydrogens (tertiary/aromatic N) is 2. The van der Waals surface area contributed by atoms with Gasteiger partial charge in [0.25, 0.3) is 6.71 Å². The van der Waals surface area contributed by atoms with Crippen LogP contribution < -0.4 is 26.2 Å². The van der Waals surface area contributed by atoms with Crippen molar-refractivity contribution < 1.29 is 0 Å². The molecule has 0 aliphatic carbocycles. The van der Waals surface area contributed by atoms with E-state index in [-0.39, 0.29) is 6.71 Å². The number of rotatable bonds is 6. The highest BCUT2D eigenvalue weighted by Crippen LogP contribution is 2.49. The van der Waals surface area contributed by atoms with Gasteiger partial charge in [0, 0.05) is 39.6 Å². The first-order valence-electron chi connectivity index (χ1n) is 19.7. The molecule has 0 unspecified atom stereocenters. The van der Waals surface area contributed by atoms with E-state index in [1.54, 1.807) is 0 Å². The standard InChI is InChI=1S/C54H37BN2/c1-5-19-38(20-6-1)42-27-15-28-43(37-42)56-49-34-17-30-45(40-23-9-3-10-24-40)52(49)55-47-32-16-31-46(41-25-11-4-12-26-41)54(47)57(51-36-18-35-50(56)53(51)55)48-33-14-13-29-44(48)39-21-7-2-8-22-39/h1-37H. The third-order valence-electron chi connectivity index (χ3n) is 11.7. The summed E-state index contributed by atoms with van der Waals surface area (Å²) in [7, 11) is 0. The van der Waals surface area contributed by atoms with Gasteiger partial charge in [-0.3, -0.25) is 0 Å². The summed E-state index contributed by atoms with van der Waals surface area (Å²) in [5, 5.41) is 0. The summed E-state index contributed by atoms with van der Waals surface area (Å²) >= 11 is 0. The summed E-state index contributed by atoms with van der Waals surface area (Å²) in [6.45, 7) is -0.0324. The number of para-hydroxylation sites is 2. The first-order chi connectivity index (χ1) is 28.3. The lowest BCUT2D eigenvalue weighted by atomic mass is 9.32. The maximum Gasteiger partial charge on any atom is 0.252 e. The third-order valence-corrected chi connectivity index (χ3v) is 11.7. The lowest BCUT2D eigenvalue weighted by Gasteiger charge is -2.45. The molecule has 2 heterocycles. The van der Waals surface area contributed by atoms with Gasteiger partial charge in [0.2, 0.25) is 0 Å². The normalized spacial score (nSPS) is 12.5. The van der Waals surface area contributed by atoms with Gasteiger partial charge in [0.15, 0.2) is 0 Å². The molecular weight excluding hydrogens is 687 g/mol. The number of anilines is 6. The van der Waals surface area contributed by atoms with Gasteiger partial charge < -0.3 is 9.80 Å². The monoisotopic (exact) mass is 724 g/mol. The Morgan fingerprint density at radius 3 is 1.40 bits per heavy atom. The van der Waals surface area contributed by atoms with E-state index < -0.39 is 0 Å². The van der Waals surface area contributed by atoms with Gasteiger partial charge in [0.05, 0.1) is 5.69 Å². The summed E-state index contributed by atoms with van der Waals surface area (Å²) in [6.07, 6.45) is 0. The van der Waals surface area contributed by atoms with Gasteiger partial charge in [0.1, 0.15) is 0 Å². The molecule has 0 atom stereocenters. The molecule has 0 fully saturated rings. The Labute approximate surface area is 334 Å². The minimum absolute atomic E-state index is 0.0324. The van der Waals surface area contributed by atoms with E-state index in [0.29, 0.717) is 0 Å². The lowest BCUT2D eigenvalue weighted by molar-refractivity contribution is 1.25. The van der Waals surface area contributed by atoms with Gasteiger partial charge >= 0.3 is 0 Å². The third kappa shape index (κ3) is 5.43. The largest absolute Gasteiger partial charge is 0.311 e. The summed E-state index contributed by atoms with van der Waals surface area (Å²) < 4.78 is 0. The minimum atomic E-state index is -0.0324. The van der Waals surface area contributed by atoms with E-state index >= 15 is 0 Å². The Kier molecular flexibility index (Phi) is 7.96. The Morgan fingerprint density at radius 2 is 0.719 bits per heavy atom. The molecule has 57 heavy (non-hydrogen) atoms. The number of hydrogen-bond acceptors (Lipinski definition) is 2. The van der Waals surface area contributed by atoms with Crippen molar-refractivity contribution in [2.24, 2.45) is 0 Å². The molecule has 0 spiro atoms. The van der Waals surface area contributed by atoms with Gasteiger partial charge in [-0.1, -0.05) is 188 Å². The molecule has 2 aliphatic heterocycles. The Bertz CT molecular complexity index is 2910. The Balaban J connectivity index is 1.25. The van der Waals surface area contributed by atoms with Gasteiger partial charge in [-0.15, -0.1) is 0 Å². The highest BCUT2D eigenvalue weighted by Gasteiger charge is 2.45. The first-order valence-corrected chi connectivity index (χ1v) is 19.7. The molecule has 0 saturated heterocycles.